The van der Waals surface area contributed by atoms with Crippen molar-refractivity contribution >= 4 is 23.5 Å². The Bertz CT molecular complexity index is 551. The number of aromatic nitrogens is 2. The number of anilines is 1. The van der Waals surface area contributed by atoms with Crippen LogP contribution in [0, 0.1) is 0 Å². The van der Waals surface area contributed by atoms with Crippen molar-refractivity contribution in [3.8, 4) is 11.3 Å². The van der Waals surface area contributed by atoms with Gasteiger partial charge in [-0.1, -0.05) is 23.7 Å². The normalized spacial score (nSPS) is 10.3. The van der Waals surface area contributed by atoms with Crippen LogP contribution in [-0.2, 0) is 0 Å². The number of rotatable bonds is 2. The van der Waals surface area contributed by atoms with Crippen LogP contribution in [0.4, 0.5) is 5.95 Å². The molecule has 0 radical (unpaired) electrons. The number of benzene rings is 1. The first-order valence-corrected chi connectivity index (χ1v) is 4.80. The van der Waals surface area contributed by atoms with Crippen LogP contribution in [-0.4, -0.2) is 21.0 Å². The zero-order valence-corrected chi connectivity index (χ0v) is 8.82. The minimum Gasteiger partial charge on any atom is -0.477 e. The number of halogens is 1. The van der Waals surface area contributed by atoms with Crippen molar-refractivity contribution in [2.24, 2.45) is 0 Å². The smallest absolute Gasteiger partial charge is 0.354 e. The summed E-state index contributed by atoms with van der Waals surface area (Å²) >= 11 is 5.82. The van der Waals surface area contributed by atoms with E-state index in [-0.39, 0.29) is 17.3 Å². The quantitative estimate of drug-likeness (QED) is 0.745. The van der Waals surface area contributed by atoms with Gasteiger partial charge in [-0.2, -0.15) is 0 Å². The van der Waals surface area contributed by atoms with Crippen LogP contribution in [0.2, 0.25) is 5.02 Å². The number of aromatic carboxylic acids is 1. The third-order valence-electron chi connectivity index (χ3n) is 2.03. The Labute approximate surface area is 95.9 Å². The number of carboxylic acid groups (broad SMARTS) is 1. The molecule has 0 saturated carbocycles. The Morgan fingerprint density at radius 3 is 2.88 bits per heavy atom. The number of nitrogens with one attached hydrogen (secondary N) is 1. The molecule has 16 heavy (non-hydrogen) atoms. The van der Waals surface area contributed by atoms with Crippen LogP contribution < -0.4 is 5.73 Å². The first kappa shape index (κ1) is 10.5. The van der Waals surface area contributed by atoms with Crippen molar-refractivity contribution in [2.75, 3.05) is 5.73 Å². The van der Waals surface area contributed by atoms with Gasteiger partial charge in [0.25, 0.3) is 0 Å². The second-order valence-corrected chi connectivity index (χ2v) is 3.60. The van der Waals surface area contributed by atoms with Crippen molar-refractivity contribution in [3.63, 3.8) is 0 Å². The number of nitrogens with two attached hydrogens (primary N) is 1. The van der Waals surface area contributed by atoms with Crippen molar-refractivity contribution in [3.05, 3.63) is 35.0 Å². The molecule has 0 unspecified atom stereocenters. The standard InChI is InChI=1S/C10H8ClN3O2/c11-6-3-1-2-5(4-6)7-8(9(15)16)14-10(12)13-7/h1-4H,(H,15,16)(H3,12,13,14). The van der Waals surface area contributed by atoms with Gasteiger partial charge in [-0.15, -0.1) is 0 Å². The third-order valence-corrected chi connectivity index (χ3v) is 2.27. The number of imidazole rings is 1. The van der Waals surface area contributed by atoms with E-state index in [1.165, 1.54) is 0 Å². The van der Waals surface area contributed by atoms with E-state index in [1.54, 1.807) is 24.3 Å². The van der Waals surface area contributed by atoms with Crippen LogP contribution in [0.15, 0.2) is 24.3 Å². The average Bonchev–Trinajstić information content (AvgIpc) is 2.60. The van der Waals surface area contributed by atoms with Gasteiger partial charge >= 0.3 is 5.97 Å². The summed E-state index contributed by atoms with van der Waals surface area (Å²) in [4.78, 5) is 17.3. The highest BCUT2D eigenvalue weighted by Crippen LogP contribution is 2.24. The molecular weight excluding hydrogens is 230 g/mol. The molecule has 0 amide bonds. The van der Waals surface area contributed by atoms with Crippen molar-refractivity contribution in [1.29, 1.82) is 0 Å². The van der Waals surface area contributed by atoms with Gasteiger partial charge in [0.05, 0.1) is 0 Å². The number of nitrogens with zero attached hydrogens (tertiary/aromatic N) is 1. The van der Waals surface area contributed by atoms with E-state index in [4.69, 9.17) is 22.4 Å². The molecule has 0 atom stereocenters. The van der Waals surface area contributed by atoms with Crippen molar-refractivity contribution in [1.82, 2.24) is 9.97 Å². The highest BCUT2D eigenvalue weighted by atomic mass is 35.5. The zero-order chi connectivity index (χ0) is 11.7. The highest BCUT2D eigenvalue weighted by Gasteiger charge is 2.16. The largest absolute Gasteiger partial charge is 0.477 e. The van der Waals surface area contributed by atoms with Crippen LogP contribution in [0.25, 0.3) is 11.3 Å². The van der Waals surface area contributed by atoms with Gasteiger partial charge in [0.15, 0.2) is 11.6 Å². The topological polar surface area (TPSA) is 92.0 Å². The van der Waals surface area contributed by atoms with Gasteiger partial charge in [0.2, 0.25) is 0 Å². The summed E-state index contributed by atoms with van der Waals surface area (Å²) in [6.45, 7) is 0. The Hall–Kier alpha value is -2.01. The number of aromatic amines is 1. The van der Waals surface area contributed by atoms with Crippen LogP contribution in [0.1, 0.15) is 10.5 Å². The van der Waals surface area contributed by atoms with Gasteiger partial charge < -0.3 is 15.8 Å². The average molecular weight is 238 g/mol. The first-order chi connectivity index (χ1) is 7.58. The number of H-pyrrole nitrogens is 1. The molecule has 0 aliphatic heterocycles. The number of hydrogen-bond acceptors (Lipinski definition) is 3. The van der Waals surface area contributed by atoms with E-state index in [0.29, 0.717) is 10.6 Å². The molecule has 0 aliphatic carbocycles. The zero-order valence-electron chi connectivity index (χ0n) is 8.07. The summed E-state index contributed by atoms with van der Waals surface area (Å²) < 4.78 is 0. The molecule has 5 nitrogen and oxygen atoms in total. The third kappa shape index (κ3) is 1.85. The summed E-state index contributed by atoms with van der Waals surface area (Å²) in [5, 5.41) is 9.46. The van der Waals surface area contributed by atoms with Crippen LogP contribution >= 0.6 is 11.6 Å². The predicted molar refractivity (Wildman–Crippen MR) is 60.4 cm³/mol. The number of nitrogen functional groups attached to an aromatic ring is 1. The van der Waals surface area contributed by atoms with Gasteiger partial charge in [-0.05, 0) is 12.1 Å². The summed E-state index contributed by atoms with van der Waals surface area (Å²) in [6, 6.07) is 6.76. The molecule has 82 valence electrons. The molecule has 1 aromatic heterocycles. The van der Waals surface area contributed by atoms with Crippen molar-refractivity contribution < 1.29 is 9.90 Å². The molecular formula is C10H8ClN3O2. The van der Waals surface area contributed by atoms with E-state index >= 15 is 0 Å². The molecule has 6 heteroatoms. The highest BCUT2D eigenvalue weighted by molar-refractivity contribution is 6.30. The lowest BCUT2D eigenvalue weighted by atomic mass is 10.1. The lowest BCUT2D eigenvalue weighted by molar-refractivity contribution is 0.0692. The second kappa shape index (κ2) is 3.86. The minimum atomic E-state index is -1.11. The van der Waals surface area contributed by atoms with Crippen LogP contribution in [0.3, 0.4) is 0 Å². The molecule has 0 bridgehead atoms. The Morgan fingerprint density at radius 2 is 2.25 bits per heavy atom. The molecule has 1 heterocycles. The summed E-state index contributed by atoms with van der Waals surface area (Å²) in [5.74, 6) is -1.05. The SMILES string of the molecule is Nc1nc(-c2cccc(Cl)c2)c(C(=O)O)[nH]1. The van der Waals surface area contributed by atoms with Crippen molar-refractivity contribution in [2.45, 2.75) is 0 Å². The van der Waals surface area contributed by atoms with E-state index in [9.17, 15) is 4.79 Å². The van der Waals surface area contributed by atoms with E-state index in [0.717, 1.165) is 0 Å². The fourth-order valence-electron chi connectivity index (χ4n) is 1.39. The molecule has 0 fully saturated rings. The summed E-state index contributed by atoms with van der Waals surface area (Å²) in [7, 11) is 0. The molecule has 0 aliphatic rings. The molecule has 1 aromatic carbocycles. The van der Waals surface area contributed by atoms with Gasteiger partial charge in [-0.3, -0.25) is 0 Å². The lowest BCUT2D eigenvalue weighted by Gasteiger charge is -1.99. The maximum absolute atomic E-state index is 10.9. The second-order valence-electron chi connectivity index (χ2n) is 3.16. The van der Waals surface area contributed by atoms with E-state index in [1.807, 2.05) is 0 Å². The molecule has 4 N–H and O–H groups in total. The Kier molecular flexibility index (Phi) is 2.54. The fourth-order valence-corrected chi connectivity index (χ4v) is 1.58. The molecule has 2 rings (SSSR count). The molecule has 0 saturated heterocycles. The number of hydrogen-bond donors (Lipinski definition) is 3. The lowest BCUT2D eigenvalue weighted by Crippen LogP contribution is -1.99. The Morgan fingerprint density at radius 1 is 1.50 bits per heavy atom. The van der Waals surface area contributed by atoms with Crippen LogP contribution in [0.5, 0.6) is 0 Å². The Balaban J connectivity index is 2.59. The monoisotopic (exact) mass is 237 g/mol. The number of carboxylic acids is 1. The number of carbonyl (C=O) groups is 1. The predicted octanol–water partition coefficient (Wildman–Crippen LogP) is 2.01. The van der Waals surface area contributed by atoms with E-state index in [2.05, 4.69) is 9.97 Å². The fraction of sp³-hybridized carbons (Fsp3) is 0. The maximum Gasteiger partial charge on any atom is 0.354 e. The maximum atomic E-state index is 10.9. The van der Waals surface area contributed by atoms with Gasteiger partial charge in [0, 0.05) is 10.6 Å². The molecule has 2 aromatic rings. The van der Waals surface area contributed by atoms with Gasteiger partial charge in [-0.25, -0.2) is 9.78 Å². The van der Waals surface area contributed by atoms with E-state index < -0.39 is 5.97 Å². The molecule has 0 spiro atoms. The summed E-state index contributed by atoms with van der Waals surface area (Å²) in [5.41, 5.74) is 6.28. The minimum absolute atomic E-state index is 0.0419. The summed E-state index contributed by atoms with van der Waals surface area (Å²) in [6.07, 6.45) is 0. The van der Waals surface area contributed by atoms with Gasteiger partial charge in [0.1, 0.15) is 5.69 Å². The first-order valence-electron chi connectivity index (χ1n) is 4.42.